The number of carboxylic acids is 1. The number of carbonyl (C=O) groups excluding carboxylic acids is 2. The van der Waals surface area contributed by atoms with Crippen molar-refractivity contribution in [2.24, 2.45) is 5.92 Å². The molecule has 0 bridgehead atoms. The number of ether oxygens (including phenoxy) is 1. The van der Waals surface area contributed by atoms with Crippen LogP contribution in [0.2, 0.25) is 0 Å². The smallest absolute Gasteiger partial charge is 0.407 e. The molecular weight excluding hydrogens is 420 g/mol. The largest absolute Gasteiger partial charge is 0.480 e. The van der Waals surface area contributed by atoms with Crippen molar-refractivity contribution < 1.29 is 24.2 Å². The molecular formula is C26H30N2O5. The van der Waals surface area contributed by atoms with Gasteiger partial charge in [-0.25, -0.2) is 9.59 Å². The van der Waals surface area contributed by atoms with Crippen molar-refractivity contribution in [1.82, 2.24) is 10.2 Å². The van der Waals surface area contributed by atoms with E-state index in [0.29, 0.717) is 25.7 Å². The molecule has 0 unspecified atom stereocenters. The van der Waals surface area contributed by atoms with E-state index >= 15 is 0 Å². The number of hydrogen-bond donors (Lipinski definition) is 2. The van der Waals surface area contributed by atoms with Crippen LogP contribution < -0.4 is 5.32 Å². The second-order valence-corrected chi connectivity index (χ2v) is 8.98. The number of nitrogens with one attached hydrogen (secondary N) is 1. The number of carboxylic acid groups (broad SMARTS) is 1. The second-order valence-electron chi connectivity index (χ2n) is 8.98. The van der Waals surface area contributed by atoms with E-state index in [1.54, 1.807) is 0 Å². The Labute approximate surface area is 193 Å². The zero-order valence-corrected chi connectivity index (χ0v) is 19.0. The van der Waals surface area contributed by atoms with Crippen molar-refractivity contribution in [3.63, 3.8) is 0 Å². The summed E-state index contributed by atoms with van der Waals surface area (Å²) in [6.45, 7) is 1.77. The van der Waals surface area contributed by atoms with Crippen LogP contribution in [-0.2, 0) is 14.3 Å². The Balaban J connectivity index is 1.28. The van der Waals surface area contributed by atoms with Crippen molar-refractivity contribution in [2.45, 2.75) is 50.6 Å². The van der Waals surface area contributed by atoms with Crippen LogP contribution in [0.4, 0.5) is 4.79 Å². The molecule has 33 heavy (non-hydrogen) atoms. The molecule has 0 spiro atoms. The normalized spacial score (nSPS) is 20.3. The van der Waals surface area contributed by atoms with Crippen LogP contribution in [0.3, 0.4) is 0 Å². The minimum atomic E-state index is -1.02. The van der Waals surface area contributed by atoms with Crippen molar-refractivity contribution in [2.75, 3.05) is 13.7 Å². The molecule has 7 heteroatoms. The van der Waals surface area contributed by atoms with Gasteiger partial charge in [-0.2, -0.15) is 0 Å². The minimum absolute atomic E-state index is 0.0169. The van der Waals surface area contributed by atoms with Gasteiger partial charge in [0.15, 0.2) is 0 Å². The maximum Gasteiger partial charge on any atom is 0.407 e. The third kappa shape index (κ3) is 4.72. The first-order valence-electron chi connectivity index (χ1n) is 11.5. The molecule has 2 amide bonds. The molecule has 2 aromatic rings. The Hall–Kier alpha value is -3.35. The Kier molecular flexibility index (Phi) is 6.67. The molecule has 1 saturated carbocycles. The molecule has 0 saturated heterocycles. The van der Waals surface area contributed by atoms with E-state index in [1.807, 2.05) is 24.3 Å². The summed E-state index contributed by atoms with van der Waals surface area (Å²) in [5.74, 6) is -1.36. The van der Waals surface area contributed by atoms with Gasteiger partial charge in [0, 0.05) is 24.9 Å². The maximum atomic E-state index is 12.6. The fraction of sp³-hybridized carbons (Fsp3) is 0.423. The summed E-state index contributed by atoms with van der Waals surface area (Å²) in [6.07, 6.45) is 2.11. The lowest BCUT2D eigenvalue weighted by Crippen LogP contribution is -2.45. The summed E-state index contributed by atoms with van der Waals surface area (Å²) in [4.78, 5) is 37.5. The first kappa shape index (κ1) is 22.8. The zero-order chi connectivity index (χ0) is 23.5. The Morgan fingerprint density at radius 2 is 1.55 bits per heavy atom. The molecule has 2 N–H and O–H groups in total. The molecule has 174 valence electrons. The van der Waals surface area contributed by atoms with Gasteiger partial charge in [0.1, 0.15) is 12.6 Å². The van der Waals surface area contributed by atoms with E-state index in [4.69, 9.17) is 9.84 Å². The lowest BCUT2D eigenvalue weighted by Gasteiger charge is -2.32. The molecule has 2 aliphatic rings. The van der Waals surface area contributed by atoms with Gasteiger partial charge in [-0.15, -0.1) is 0 Å². The summed E-state index contributed by atoms with van der Waals surface area (Å²) in [6, 6.07) is 15.5. The average molecular weight is 451 g/mol. The molecule has 0 heterocycles. The van der Waals surface area contributed by atoms with Crippen molar-refractivity contribution in [1.29, 1.82) is 0 Å². The monoisotopic (exact) mass is 450 g/mol. The molecule has 2 aliphatic carbocycles. The molecule has 1 fully saturated rings. The van der Waals surface area contributed by atoms with Gasteiger partial charge < -0.3 is 20.1 Å². The number of hydrogen-bond acceptors (Lipinski definition) is 4. The lowest BCUT2D eigenvalue weighted by molar-refractivity contribution is -0.150. The average Bonchev–Trinajstić information content (AvgIpc) is 3.15. The van der Waals surface area contributed by atoms with Gasteiger partial charge in [0.05, 0.1) is 0 Å². The van der Waals surface area contributed by atoms with Crippen LogP contribution in [-0.4, -0.2) is 53.7 Å². The van der Waals surface area contributed by atoms with Gasteiger partial charge in [-0.3, -0.25) is 4.79 Å². The number of nitrogens with zero attached hydrogens (tertiary/aromatic N) is 1. The van der Waals surface area contributed by atoms with Crippen LogP contribution in [0.5, 0.6) is 0 Å². The van der Waals surface area contributed by atoms with Gasteiger partial charge in [0.2, 0.25) is 5.91 Å². The summed E-state index contributed by atoms with van der Waals surface area (Å²) in [5, 5.41) is 12.1. The third-order valence-corrected chi connectivity index (χ3v) is 7.03. The summed E-state index contributed by atoms with van der Waals surface area (Å²) >= 11 is 0. The number of likely N-dealkylation sites (N-methyl/N-ethyl adjacent to an activating group) is 1. The number of fused-ring (bicyclic) bond motifs is 3. The minimum Gasteiger partial charge on any atom is -0.480 e. The zero-order valence-electron chi connectivity index (χ0n) is 19.0. The highest BCUT2D eigenvalue weighted by molar-refractivity contribution is 5.84. The lowest BCUT2D eigenvalue weighted by atomic mass is 9.85. The van der Waals surface area contributed by atoms with E-state index in [-0.39, 0.29) is 30.4 Å². The first-order valence-corrected chi connectivity index (χ1v) is 11.5. The molecule has 4 rings (SSSR count). The fourth-order valence-electron chi connectivity index (χ4n) is 4.94. The SMILES string of the molecule is C[C@@H](C(=O)O)N(C)C(=O)C1CCC(NC(=O)OCC2c3ccccc3-c3ccccc32)CC1. The van der Waals surface area contributed by atoms with Crippen molar-refractivity contribution >= 4 is 18.0 Å². The van der Waals surface area contributed by atoms with Crippen LogP contribution in [0, 0.1) is 5.92 Å². The highest BCUT2D eigenvalue weighted by Crippen LogP contribution is 2.44. The molecule has 2 aromatic carbocycles. The summed E-state index contributed by atoms with van der Waals surface area (Å²) in [7, 11) is 1.53. The van der Waals surface area contributed by atoms with Crippen LogP contribution in [0.15, 0.2) is 48.5 Å². The predicted molar refractivity (Wildman–Crippen MR) is 124 cm³/mol. The van der Waals surface area contributed by atoms with E-state index < -0.39 is 18.1 Å². The van der Waals surface area contributed by atoms with Crippen LogP contribution in [0.25, 0.3) is 11.1 Å². The Morgan fingerprint density at radius 3 is 2.09 bits per heavy atom. The summed E-state index contributed by atoms with van der Waals surface area (Å²) in [5.41, 5.74) is 4.72. The molecule has 0 radical (unpaired) electrons. The topological polar surface area (TPSA) is 95.9 Å². The number of carbonyl (C=O) groups is 3. The fourth-order valence-corrected chi connectivity index (χ4v) is 4.94. The van der Waals surface area contributed by atoms with Crippen LogP contribution in [0.1, 0.15) is 49.7 Å². The second kappa shape index (κ2) is 9.65. The highest BCUT2D eigenvalue weighted by Gasteiger charge is 2.33. The van der Waals surface area contributed by atoms with Crippen LogP contribution >= 0.6 is 0 Å². The van der Waals surface area contributed by atoms with Gasteiger partial charge in [-0.05, 0) is 54.9 Å². The first-order chi connectivity index (χ1) is 15.9. The van der Waals surface area contributed by atoms with Gasteiger partial charge >= 0.3 is 12.1 Å². The number of rotatable bonds is 6. The predicted octanol–water partition coefficient (Wildman–Crippen LogP) is 4.02. The van der Waals surface area contributed by atoms with Crippen molar-refractivity contribution in [3.05, 3.63) is 59.7 Å². The molecule has 0 aliphatic heterocycles. The number of amides is 2. The van der Waals surface area contributed by atoms with Gasteiger partial charge in [-0.1, -0.05) is 48.5 Å². The molecule has 0 aromatic heterocycles. The number of alkyl carbamates (subject to hydrolysis) is 1. The Morgan fingerprint density at radius 1 is 1.00 bits per heavy atom. The van der Waals surface area contributed by atoms with E-state index in [0.717, 1.165) is 0 Å². The van der Waals surface area contributed by atoms with Crippen molar-refractivity contribution in [3.8, 4) is 11.1 Å². The third-order valence-electron chi connectivity index (χ3n) is 7.03. The van der Waals surface area contributed by atoms with E-state index in [1.165, 1.54) is 41.1 Å². The van der Waals surface area contributed by atoms with E-state index in [2.05, 4.69) is 29.6 Å². The highest BCUT2D eigenvalue weighted by atomic mass is 16.5. The number of aliphatic carboxylic acids is 1. The standard InChI is InChI=1S/C26H30N2O5/c1-16(25(30)31)28(2)24(29)17-11-13-18(14-12-17)27-26(32)33-15-23-21-9-5-3-7-19(21)20-8-4-6-10-22(20)23/h3-10,16-18,23H,11-15H2,1-2H3,(H,27,32)(H,30,31)/t16-,17?,18?/m0/s1. The maximum absolute atomic E-state index is 12.6. The molecule has 1 atom stereocenters. The number of benzene rings is 2. The summed E-state index contributed by atoms with van der Waals surface area (Å²) < 4.78 is 5.62. The Bertz CT molecular complexity index is 999. The molecule has 7 nitrogen and oxygen atoms in total. The quantitative estimate of drug-likeness (QED) is 0.693. The van der Waals surface area contributed by atoms with E-state index in [9.17, 15) is 14.4 Å². The van der Waals surface area contributed by atoms with Gasteiger partial charge in [0.25, 0.3) is 0 Å².